The zero-order chi connectivity index (χ0) is 16.1. The highest BCUT2D eigenvalue weighted by Crippen LogP contribution is 2.19. The van der Waals surface area contributed by atoms with Gasteiger partial charge in [0.15, 0.2) is 0 Å². The van der Waals surface area contributed by atoms with Crippen molar-refractivity contribution in [3.05, 3.63) is 83.8 Å². The zero-order valence-electron chi connectivity index (χ0n) is 12.9. The van der Waals surface area contributed by atoms with Crippen molar-refractivity contribution in [3.63, 3.8) is 0 Å². The second-order valence-electron chi connectivity index (χ2n) is 5.30. The molecule has 2 aromatic heterocycles. The lowest BCUT2D eigenvalue weighted by Crippen LogP contribution is -2.23. The molecule has 114 valence electrons. The number of carbonyl (C=O) groups excluding carboxylic acids is 1. The molecule has 1 amide bonds. The van der Waals surface area contributed by atoms with E-state index in [-0.39, 0.29) is 5.91 Å². The van der Waals surface area contributed by atoms with Crippen LogP contribution in [-0.4, -0.2) is 15.9 Å². The minimum Gasteiger partial charge on any atom is -0.348 e. The van der Waals surface area contributed by atoms with Crippen molar-refractivity contribution in [3.8, 4) is 11.3 Å². The van der Waals surface area contributed by atoms with Crippen molar-refractivity contribution in [1.82, 2.24) is 15.3 Å². The molecule has 3 aromatic rings. The average Bonchev–Trinajstić information content (AvgIpc) is 2.60. The van der Waals surface area contributed by atoms with Gasteiger partial charge >= 0.3 is 0 Å². The summed E-state index contributed by atoms with van der Waals surface area (Å²) in [4.78, 5) is 20.8. The molecule has 0 aliphatic heterocycles. The topological polar surface area (TPSA) is 54.9 Å². The molecule has 4 heteroatoms. The Bertz CT molecular complexity index is 816. The van der Waals surface area contributed by atoms with Crippen LogP contribution in [0, 0.1) is 6.92 Å². The van der Waals surface area contributed by atoms with Crippen LogP contribution in [0.2, 0.25) is 0 Å². The molecular weight excluding hydrogens is 286 g/mol. The van der Waals surface area contributed by atoms with E-state index >= 15 is 0 Å². The maximum atomic E-state index is 12.3. The van der Waals surface area contributed by atoms with Gasteiger partial charge in [-0.25, -0.2) is 0 Å². The normalized spacial score (nSPS) is 10.3. The van der Waals surface area contributed by atoms with Crippen molar-refractivity contribution >= 4 is 5.91 Å². The van der Waals surface area contributed by atoms with E-state index in [1.807, 2.05) is 55.5 Å². The van der Waals surface area contributed by atoms with E-state index in [2.05, 4.69) is 15.3 Å². The van der Waals surface area contributed by atoms with Gasteiger partial charge in [-0.1, -0.05) is 23.8 Å². The van der Waals surface area contributed by atoms with Crippen LogP contribution in [0.25, 0.3) is 11.3 Å². The summed E-state index contributed by atoms with van der Waals surface area (Å²) >= 11 is 0. The van der Waals surface area contributed by atoms with Crippen LogP contribution in [0.4, 0.5) is 0 Å². The number of carbonyl (C=O) groups is 1. The number of rotatable bonds is 4. The third-order valence-electron chi connectivity index (χ3n) is 3.55. The fourth-order valence-electron chi connectivity index (χ4n) is 2.41. The van der Waals surface area contributed by atoms with Gasteiger partial charge in [-0.2, -0.15) is 0 Å². The predicted octanol–water partition coefficient (Wildman–Crippen LogP) is 3.38. The van der Waals surface area contributed by atoms with Crippen LogP contribution in [0.3, 0.4) is 0 Å². The van der Waals surface area contributed by atoms with Crippen LogP contribution in [-0.2, 0) is 6.54 Å². The summed E-state index contributed by atoms with van der Waals surface area (Å²) in [6.45, 7) is 2.39. The molecule has 23 heavy (non-hydrogen) atoms. The number of nitrogens with zero attached hydrogens (tertiary/aromatic N) is 2. The number of amides is 1. The Kier molecular flexibility index (Phi) is 4.43. The Labute approximate surface area is 135 Å². The largest absolute Gasteiger partial charge is 0.348 e. The van der Waals surface area contributed by atoms with Crippen LogP contribution in [0.1, 0.15) is 21.5 Å². The number of pyridine rings is 2. The summed E-state index contributed by atoms with van der Waals surface area (Å²) in [5.41, 5.74) is 4.46. The first-order valence-electron chi connectivity index (χ1n) is 7.43. The summed E-state index contributed by atoms with van der Waals surface area (Å²) < 4.78 is 0. The van der Waals surface area contributed by atoms with Crippen molar-refractivity contribution < 1.29 is 4.79 Å². The van der Waals surface area contributed by atoms with Crippen molar-refractivity contribution in [2.24, 2.45) is 0 Å². The van der Waals surface area contributed by atoms with Gasteiger partial charge in [-0.15, -0.1) is 0 Å². The molecule has 1 N–H and O–H groups in total. The molecule has 3 rings (SSSR count). The summed E-state index contributed by atoms with van der Waals surface area (Å²) in [6.07, 6.45) is 5.24. The molecule has 0 aliphatic carbocycles. The number of aryl methyl sites for hydroxylation is 1. The molecule has 0 fully saturated rings. The van der Waals surface area contributed by atoms with Crippen molar-refractivity contribution in [2.75, 3.05) is 0 Å². The summed E-state index contributed by atoms with van der Waals surface area (Å²) in [5, 5.41) is 2.95. The van der Waals surface area contributed by atoms with E-state index in [4.69, 9.17) is 0 Å². The summed E-state index contributed by atoms with van der Waals surface area (Å²) in [6, 6.07) is 15.2. The van der Waals surface area contributed by atoms with Gasteiger partial charge in [0.1, 0.15) is 0 Å². The maximum Gasteiger partial charge on any atom is 0.251 e. The van der Waals surface area contributed by atoms with Crippen molar-refractivity contribution in [2.45, 2.75) is 13.5 Å². The molecule has 0 spiro atoms. The van der Waals surface area contributed by atoms with E-state index in [0.29, 0.717) is 12.1 Å². The van der Waals surface area contributed by atoms with Gasteiger partial charge in [0.25, 0.3) is 5.91 Å². The molecule has 0 bridgehead atoms. The fourth-order valence-corrected chi connectivity index (χ4v) is 2.41. The number of nitrogens with one attached hydrogen (secondary N) is 1. The highest BCUT2D eigenvalue weighted by atomic mass is 16.1. The van der Waals surface area contributed by atoms with Gasteiger partial charge in [-0.3, -0.25) is 14.8 Å². The molecular formula is C19H17N3O. The van der Waals surface area contributed by atoms with Crippen LogP contribution < -0.4 is 5.32 Å². The van der Waals surface area contributed by atoms with Gasteiger partial charge in [0.2, 0.25) is 0 Å². The Morgan fingerprint density at radius 3 is 2.74 bits per heavy atom. The summed E-state index contributed by atoms with van der Waals surface area (Å²) in [7, 11) is 0. The monoisotopic (exact) mass is 303 g/mol. The quantitative estimate of drug-likeness (QED) is 0.804. The van der Waals surface area contributed by atoms with Gasteiger partial charge in [0, 0.05) is 36.3 Å². The molecule has 4 nitrogen and oxygen atoms in total. The Morgan fingerprint density at radius 2 is 1.96 bits per heavy atom. The number of benzene rings is 1. The molecule has 1 aromatic carbocycles. The molecule has 0 saturated carbocycles. The average molecular weight is 303 g/mol. The molecule has 0 atom stereocenters. The fraction of sp³-hybridized carbons (Fsp3) is 0.105. The highest BCUT2D eigenvalue weighted by molar-refractivity contribution is 5.94. The van der Waals surface area contributed by atoms with Crippen molar-refractivity contribution in [1.29, 1.82) is 0 Å². The number of hydrogen-bond acceptors (Lipinski definition) is 3. The SMILES string of the molecule is Cc1cccc(C(=O)NCc2cccnc2-c2cccnc2)c1. The smallest absolute Gasteiger partial charge is 0.251 e. The minimum atomic E-state index is -0.0883. The Hall–Kier alpha value is -3.01. The standard InChI is InChI=1S/C19H17N3O/c1-14-5-2-6-15(11-14)19(23)22-13-17-8-4-10-21-18(17)16-7-3-9-20-12-16/h2-12H,13H2,1H3,(H,22,23). The number of hydrogen-bond donors (Lipinski definition) is 1. The first kappa shape index (κ1) is 14.9. The van der Waals surface area contributed by atoms with Gasteiger partial charge in [-0.05, 0) is 42.8 Å². The first-order valence-corrected chi connectivity index (χ1v) is 7.43. The molecule has 0 radical (unpaired) electrons. The van der Waals surface area contributed by atoms with E-state index in [9.17, 15) is 4.79 Å². The molecule has 0 aliphatic rings. The molecule has 0 saturated heterocycles. The van der Waals surface area contributed by atoms with E-state index in [1.54, 1.807) is 18.6 Å². The van der Waals surface area contributed by atoms with E-state index in [1.165, 1.54) is 0 Å². The van der Waals surface area contributed by atoms with Gasteiger partial charge in [0.05, 0.1) is 5.69 Å². The lowest BCUT2D eigenvalue weighted by molar-refractivity contribution is 0.0951. The predicted molar refractivity (Wildman–Crippen MR) is 89.8 cm³/mol. The zero-order valence-corrected chi connectivity index (χ0v) is 12.9. The van der Waals surface area contributed by atoms with Gasteiger partial charge < -0.3 is 5.32 Å². The second-order valence-corrected chi connectivity index (χ2v) is 5.30. The second kappa shape index (κ2) is 6.83. The number of aromatic nitrogens is 2. The summed E-state index contributed by atoms with van der Waals surface area (Å²) in [5.74, 6) is -0.0883. The lowest BCUT2D eigenvalue weighted by atomic mass is 10.1. The first-order chi connectivity index (χ1) is 11.2. The molecule has 2 heterocycles. The maximum absolute atomic E-state index is 12.3. The molecule has 0 unspecified atom stereocenters. The third kappa shape index (κ3) is 3.61. The lowest BCUT2D eigenvalue weighted by Gasteiger charge is -2.10. The Morgan fingerprint density at radius 1 is 1.09 bits per heavy atom. The third-order valence-corrected chi connectivity index (χ3v) is 3.55. The van der Waals surface area contributed by atoms with E-state index < -0.39 is 0 Å². The minimum absolute atomic E-state index is 0.0883. The van der Waals surface area contributed by atoms with Crippen LogP contribution in [0.5, 0.6) is 0 Å². The Balaban J connectivity index is 1.78. The van der Waals surface area contributed by atoms with Crippen LogP contribution in [0.15, 0.2) is 67.1 Å². The van der Waals surface area contributed by atoms with E-state index in [0.717, 1.165) is 22.4 Å². The van der Waals surface area contributed by atoms with Crippen LogP contribution >= 0.6 is 0 Å². The highest BCUT2D eigenvalue weighted by Gasteiger charge is 2.09.